The minimum atomic E-state index is 0.259. The van der Waals surface area contributed by atoms with Crippen LogP contribution in [0.3, 0.4) is 0 Å². The van der Waals surface area contributed by atoms with Gasteiger partial charge in [-0.3, -0.25) is 0 Å². The van der Waals surface area contributed by atoms with E-state index in [0.717, 1.165) is 10.6 Å². The standard InChI is InChI=1S/C11H16O2S/c1-8(2)9-4-5-10(11(14)6-9)13-7-12-3/h4-6,8,14H,7H2,1-3H3. The Bertz CT molecular complexity index is 297. The maximum atomic E-state index is 5.32. The zero-order valence-electron chi connectivity index (χ0n) is 8.78. The molecule has 0 radical (unpaired) electrons. The van der Waals surface area contributed by atoms with Gasteiger partial charge >= 0.3 is 0 Å². The van der Waals surface area contributed by atoms with Crippen molar-refractivity contribution in [3.05, 3.63) is 23.8 Å². The maximum Gasteiger partial charge on any atom is 0.188 e. The summed E-state index contributed by atoms with van der Waals surface area (Å²) in [7, 11) is 1.60. The lowest BCUT2D eigenvalue weighted by molar-refractivity contribution is 0.0491. The molecular formula is C11H16O2S. The number of rotatable bonds is 4. The normalized spacial score (nSPS) is 10.6. The van der Waals surface area contributed by atoms with Crippen LogP contribution in [0.1, 0.15) is 25.3 Å². The van der Waals surface area contributed by atoms with Gasteiger partial charge in [-0.15, -0.1) is 12.6 Å². The molecule has 0 saturated heterocycles. The average Bonchev–Trinajstić information content (AvgIpc) is 2.15. The van der Waals surface area contributed by atoms with E-state index in [1.54, 1.807) is 7.11 Å². The smallest absolute Gasteiger partial charge is 0.188 e. The highest BCUT2D eigenvalue weighted by Gasteiger charge is 2.04. The maximum absolute atomic E-state index is 5.32. The van der Waals surface area contributed by atoms with Gasteiger partial charge in [-0.1, -0.05) is 19.9 Å². The summed E-state index contributed by atoms with van der Waals surface area (Å²) in [5.41, 5.74) is 1.26. The van der Waals surface area contributed by atoms with Gasteiger partial charge in [-0.25, -0.2) is 0 Å². The first-order chi connectivity index (χ1) is 6.65. The van der Waals surface area contributed by atoms with E-state index >= 15 is 0 Å². The summed E-state index contributed by atoms with van der Waals surface area (Å²) in [5, 5.41) is 0. The van der Waals surface area contributed by atoms with E-state index < -0.39 is 0 Å². The Hall–Kier alpha value is -0.670. The minimum Gasteiger partial charge on any atom is -0.466 e. The number of benzene rings is 1. The van der Waals surface area contributed by atoms with Crippen LogP contribution in [-0.2, 0) is 4.74 Å². The van der Waals surface area contributed by atoms with Crippen LogP contribution in [0, 0.1) is 0 Å². The fourth-order valence-corrected chi connectivity index (χ4v) is 1.43. The first-order valence-corrected chi connectivity index (χ1v) is 5.04. The zero-order chi connectivity index (χ0) is 10.6. The molecule has 14 heavy (non-hydrogen) atoms. The quantitative estimate of drug-likeness (QED) is 0.610. The summed E-state index contributed by atoms with van der Waals surface area (Å²) in [6.45, 7) is 4.56. The number of hydrogen-bond donors (Lipinski definition) is 1. The molecule has 0 amide bonds. The Morgan fingerprint density at radius 2 is 2.07 bits per heavy atom. The van der Waals surface area contributed by atoms with Gasteiger partial charge in [-0.05, 0) is 23.6 Å². The van der Waals surface area contributed by atoms with Crippen LogP contribution in [0.4, 0.5) is 0 Å². The number of methoxy groups -OCH3 is 1. The summed E-state index contributed by atoms with van der Waals surface area (Å²) in [6, 6.07) is 6.00. The molecule has 0 aromatic heterocycles. The first kappa shape index (κ1) is 11.4. The third kappa shape index (κ3) is 2.93. The monoisotopic (exact) mass is 212 g/mol. The number of hydrogen-bond acceptors (Lipinski definition) is 3. The van der Waals surface area contributed by atoms with Crippen molar-refractivity contribution >= 4 is 12.6 Å². The van der Waals surface area contributed by atoms with Crippen LogP contribution >= 0.6 is 12.6 Å². The van der Waals surface area contributed by atoms with Gasteiger partial charge < -0.3 is 9.47 Å². The van der Waals surface area contributed by atoms with Crippen molar-refractivity contribution in [3.63, 3.8) is 0 Å². The molecule has 78 valence electrons. The van der Waals surface area contributed by atoms with Gasteiger partial charge in [0.25, 0.3) is 0 Å². The molecule has 0 bridgehead atoms. The summed E-state index contributed by atoms with van der Waals surface area (Å²) in [6.07, 6.45) is 0. The molecule has 0 aliphatic carbocycles. The number of thiol groups is 1. The van der Waals surface area contributed by atoms with Gasteiger partial charge in [-0.2, -0.15) is 0 Å². The lowest BCUT2D eigenvalue weighted by atomic mass is 10.0. The molecule has 0 saturated carbocycles. The molecule has 1 aromatic rings. The Labute approximate surface area is 90.6 Å². The molecule has 0 unspecified atom stereocenters. The zero-order valence-corrected chi connectivity index (χ0v) is 9.67. The van der Waals surface area contributed by atoms with E-state index in [2.05, 4.69) is 32.5 Å². The fourth-order valence-electron chi connectivity index (χ4n) is 1.14. The summed E-state index contributed by atoms with van der Waals surface area (Å²) < 4.78 is 10.1. The lowest BCUT2D eigenvalue weighted by Crippen LogP contribution is -2.00. The highest BCUT2D eigenvalue weighted by Crippen LogP contribution is 2.26. The molecule has 0 atom stereocenters. The molecular weight excluding hydrogens is 196 g/mol. The van der Waals surface area contributed by atoms with Crippen LogP contribution in [-0.4, -0.2) is 13.9 Å². The van der Waals surface area contributed by atoms with Gasteiger partial charge in [0.05, 0.1) is 0 Å². The Balaban J connectivity index is 2.79. The van der Waals surface area contributed by atoms with E-state index in [0.29, 0.717) is 5.92 Å². The van der Waals surface area contributed by atoms with E-state index in [1.807, 2.05) is 12.1 Å². The molecule has 1 aromatic carbocycles. The van der Waals surface area contributed by atoms with Crippen molar-refractivity contribution in [2.45, 2.75) is 24.7 Å². The SMILES string of the molecule is COCOc1ccc(C(C)C)cc1S. The average molecular weight is 212 g/mol. The van der Waals surface area contributed by atoms with Crippen molar-refractivity contribution in [1.29, 1.82) is 0 Å². The summed E-state index contributed by atoms with van der Waals surface area (Å²) >= 11 is 4.35. The molecule has 3 heteroatoms. The van der Waals surface area contributed by atoms with E-state index in [9.17, 15) is 0 Å². The molecule has 0 fully saturated rings. The summed E-state index contributed by atoms with van der Waals surface area (Å²) in [5.74, 6) is 1.27. The van der Waals surface area contributed by atoms with Crippen LogP contribution in [0.5, 0.6) is 5.75 Å². The van der Waals surface area contributed by atoms with Crippen LogP contribution < -0.4 is 4.74 Å². The highest BCUT2D eigenvalue weighted by atomic mass is 32.1. The Morgan fingerprint density at radius 3 is 2.57 bits per heavy atom. The second-order valence-electron chi connectivity index (χ2n) is 3.43. The van der Waals surface area contributed by atoms with Crippen LogP contribution in [0.25, 0.3) is 0 Å². The van der Waals surface area contributed by atoms with E-state index in [-0.39, 0.29) is 6.79 Å². The van der Waals surface area contributed by atoms with Gasteiger partial charge in [0.1, 0.15) is 5.75 Å². The van der Waals surface area contributed by atoms with Gasteiger partial charge in [0.15, 0.2) is 6.79 Å². The van der Waals surface area contributed by atoms with Crippen molar-refractivity contribution in [3.8, 4) is 5.75 Å². The Morgan fingerprint density at radius 1 is 1.36 bits per heavy atom. The largest absolute Gasteiger partial charge is 0.466 e. The first-order valence-electron chi connectivity index (χ1n) is 4.59. The minimum absolute atomic E-state index is 0.259. The highest BCUT2D eigenvalue weighted by molar-refractivity contribution is 7.80. The third-order valence-electron chi connectivity index (χ3n) is 1.98. The van der Waals surface area contributed by atoms with Crippen molar-refractivity contribution < 1.29 is 9.47 Å². The van der Waals surface area contributed by atoms with Crippen molar-refractivity contribution in [2.24, 2.45) is 0 Å². The molecule has 0 N–H and O–H groups in total. The Kier molecular flexibility index (Phi) is 4.29. The van der Waals surface area contributed by atoms with E-state index in [1.165, 1.54) is 5.56 Å². The van der Waals surface area contributed by atoms with Crippen molar-refractivity contribution in [1.82, 2.24) is 0 Å². The lowest BCUT2D eigenvalue weighted by Gasteiger charge is -2.10. The molecule has 2 nitrogen and oxygen atoms in total. The van der Waals surface area contributed by atoms with Crippen LogP contribution in [0.15, 0.2) is 23.1 Å². The van der Waals surface area contributed by atoms with E-state index in [4.69, 9.17) is 9.47 Å². The number of ether oxygens (including phenoxy) is 2. The third-order valence-corrected chi connectivity index (χ3v) is 2.33. The molecule has 0 aliphatic heterocycles. The molecule has 0 spiro atoms. The fraction of sp³-hybridized carbons (Fsp3) is 0.455. The second-order valence-corrected chi connectivity index (χ2v) is 3.91. The second kappa shape index (κ2) is 5.27. The molecule has 1 rings (SSSR count). The predicted molar refractivity (Wildman–Crippen MR) is 60.3 cm³/mol. The summed E-state index contributed by atoms with van der Waals surface area (Å²) in [4.78, 5) is 0.855. The van der Waals surface area contributed by atoms with Crippen LogP contribution in [0.2, 0.25) is 0 Å². The van der Waals surface area contributed by atoms with Gasteiger partial charge in [0, 0.05) is 12.0 Å². The van der Waals surface area contributed by atoms with Gasteiger partial charge in [0.2, 0.25) is 0 Å². The topological polar surface area (TPSA) is 18.5 Å². The molecule has 0 aliphatic rings. The molecule has 0 heterocycles. The predicted octanol–water partition coefficient (Wildman–Crippen LogP) is 3.08. The van der Waals surface area contributed by atoms with Crippen molar-refractivity contribution in [2.75, 3.05) is 13.9 Å².